The standard InChI is InChI=1S/C14H25N5O2S/c1-11(2)19-13(8-17-10-15-9-16-17)6-12-7-18(22(3,20)21)5-4-14(12)19/h9-14H,4-8H2,1-3H3/t12-,13+,14+/m0/s1. The van der Waals surface area contributed by atoms with Crippen LogP contribution in [-0.4, -0.2) is 69.9 Å². The van der Waals surface area contributed by atoms with Crippen LogP contribution in [0, 0.1) is 5.92 Å². The lowest BCUT2D eigenvalue weighted by molar-refractivity contribution is 0.0961. The van der Waals surface area contributed by atoms with Crippen LogP contribution < -0.4 is 0 Å². The van der Waals surface area contributed by atoms with Gasteiger partial charge in [0.2, 0.25) is 10.0 Å². The van der Waals surface area contributed by atoms with Gasteiger partial charge in [-0.2, -0.15) is 5.10 Å². The van der Waals surface area contributed by atoms with Gasteiger partial charge in [-0.05, 0) is 32.6 Å². The molecule has 2 aliphatic heterocycles. The van der Waals surface area contributed by atoms with E-state index in [0.717, 1.165) is 19.4 Å². The van der Waals surface area contributed by atoms with Crippen LogP contribution >= 0.6 is 0 Å². The van der Waals surface area contributed by atoms with E-state index in [9.17, 15) is 8.42 Å². The van der Waals surface area contributed by atoms with Gasteiger partial charge in [0.25, 0.3) is 0 Å². The third kappa shape index (κ3) is 3.04. The molecule has 1 aromatic rings. The Morgan fingerprint density at radius 2 is 2.14 bits per heavy atom. The molecule has 0 spiro atoms. The fourth-order valence-corrected chi connectivity index (χ4v) is 5.07. The van der Waals surface area contributed by atoms with E-state index < -0.39 is 10.0 Å². The maximum absolute atomic E-state index is 11.8. The van der Waals surface area contributed by atoms with Crippen LogP contribution in [0.3, 0.4) is 0 Å². The predicted molar refractivity (Wildman–Crippen MR) is 83.7 cm³/mol. The molecule has 2 saturated heterocycles. The van der Waals surface area contributed by atoms with E-state index in [1.807, 2.05) is 4.68 Å². The fraction of sp³-hybridized carbons (Fsp3) is 0.857. The summed E-state index contributed by atoms with van der Waals surface area (Å²) in [6.45, 7) is 6.56. The number of rotatable bonds is 4. The van der Waals surface area contributed by atoms with Crippen molar-refractivity contribution >= 4 is 10.0 Å². The van der Waals surface area contributed by atoms with Crippen molar-refractivity contribution in [3.63, 3.8) is 0 Å². The molecule has 3 atom stereocenters. The number of piperidine rings is 1. The summed E-state index contributed by atoms with van der Waals surface area (Å²) in [4.78, 5) is 6.58. The number of hydrogen-bond donors (Lipinski definition) is 0. The average molecular weight is 327 g/mol. The molecule has 1 aromatic heterocycles. The lowest BCUT2D eigenvalue weighted by Crippen LogP contribution is -2.50. The summed E-state index contributed by atoms with van der Waals surface area (Å²) in [5.74, 6) is 0.416. The van der Waals surface area contributed by atoms with Gasteiger partial charge in [-0.1, -0.05) is 0 Å². The highest BCUT2D eigenvalue weighted by molar-refractivity contribution is 7.88. The monoisotopic (exact) mass is 327 g/mol. The molecule has 22 heavy (non-hydrogen) atoms. The smallest absolute Gasteiger partial charge is 0.211 e. The van der Waals surface area contributed by atoms with Gasteiger partial charge < -0.3 is 0 Å². The summed E-state index contributed by atoms with van der Waals surface area (Å²) < 4.78 is 27.2. The minimum absolute atomic E-state index is 0.399. The maximum atomic E-state index is 11.8. The number of likely N-dealkylation sites (tertiary alicyclic amines) is 1. The van der Waals surface area contributed by atoms with Crippen LogP contribution in [0.2, 0.25) is 0 Å². The molecule has 0 radical (unpaired) electrons. The second kappa shape index (κ2) is 5.90. The van der Waals surface area contributed by atoms with Gasteiger partial charge in [0.05, 0.1) is 12.8 Å². The molecular weight excluding hydrogens is 302 g/mol. The second-order valence-electron chi connectivity index (χ2n) is 6.79. The van der Waals surface area contributed by atoms with Crippen LogP contribution in [0.5, 0.6) is 0 Å². The molecule has 0 N–H and O–H groups in total. The normalized spacial score (nSPS) is 30.8. The largest absolute Gasteiger partial charge is 0.293 e. The number of fused-ring (bicyclic) bond motifs is 1. The van der Waals surface area contributed by atoms with Gasteiger partial charge in [-0.25, -0.2) is 17.7 Å². The predicted octanol–water partition coefficient (Wildman–Crippen LogP) is 0.411. The molecular formula is C14H25N5O2S. The van der Waals surface area contributed by atoms with Gasteiger partial charge in [0.15, 0.2) is 0 Å². The van der Waals surface area contributed by atoms with Crippen molar-refractivity contribution in [2.45, 2.75) is 51.4 Å². The van der Waals surface area contributed by atoms with E-state index >= 15 is 0 Å². The van der Waals surface area contributed by atoms with Gasteiger partial charge in [0.1, 0.15) is 12.7 Å². The van der Waals surface area contributed by atoms with Crippen molar-refractivity contribution in [3.8, 4) is 0 Å². The molecule has 2 aliphatic rings. The minimum Gasteiger partial charge on any atom is -0.293 e. The molecule has 0 aliphatic carbocycles. The Morgan fingerprint density at radius 1 is 1.36 bits per heavy atom. The van der Waals surface area contributed by atoms with Crippen LogP contribution in [-0.2, 0) is 16.6 Å². The molecule has 0 aromatic carbocycles. The van der Waals surface area contributed by atoms with E-state index in [1.165, 1.54) is 6.26 Å². The van der Waals surface area contributed by atoms with Gasteiger partial charge >= 0.3 is 0 Å². The molecule has 0 unspecified atom stereocenters. The zero-order chi connectivity index (χ0) is 15.9. The first kappa shape index (κ1) is 15.9. The van der Waals surface area contributed by atoms with Crippen LogP contribution in [0.1, 0.15) is 26.7 Å². The van der Waals surface area contributed by atoms with Crippen molar-refractivity contribution in [2.24, 2.45) is 5.92 Å². The van der Waals surface area contributed by atoms with Crippen LogP contribution in [0.25, 0.3) is 0 Å². The average Bonchev–Trinajstić information content (AvgIpc) is 3.03. The third-order valence-electron chi connectivity index (χ3n) is 4.97. The van der Waals surface area contributed by atoms with E-state index in [-0.39, 0.29) is 0 Å². The Balaban J connectivity index is 1.76. The quantitative estimate of drug-likeness (QED) is 0.801. The van der Waals surface area contributed by atoms with Crippen molar-refractivity contribution in [1.82, 2.24) is 24.0 Å². The SMILES string of the molecule is CC(C)N1[C@@H](Cn2cncn2)C[C@H]2CN(S(C)(=O)=O)CC[C@H]21. The molecule has 0 saturated carbocycles. The first-order valence-corrected chi connectivity index (χ1v) is 9.76. The highest BCUT2D eigenvalue weighted by atomic mass is 32.2. The summed E-state index contributed by atoms with van der Waals surface area (Å²) in [5.41, 5.74) is 0. The Hall–Kier alpha value is -0.990. The van der Waals surface area contributed by atoms with E-state index in [1.54, 1.807) is 17.0 Å². The fourth-order valence-electron chi connectivity index (χ4n) is 4.17. The zero-order valence-electron chi connectivity index (χ0n) is 13.5. The summed E-state index contributed by atoms with van der Waals surface area (Å²) in [7, 11) is -3.08. The highest BCUT2D eigenvalue weighted by Crippen LogP contribution is 2.38. The Kier molecular flexibility index (Phi) is 4.26. The first-order chi connectivity index (χ1) is 10.4. The van der Waals surface area contributed by atoms with Gasteiger partial charge in [0, 0.05) is 31.2 Å². The Morgan fingerprint density at radius 3 is 2.73 bits per heavy atom. The number of hydrogen-bond acceptors (Lipinski definition) is 5. The van der Waals surface area contributed by atoms with Crippen molar-refractivity contribution in [1.29, 1.82) is 0 Å². The summed E-state index contributed by atoms with van der Waals surface area (Å²) in [6, 6.07) is 1.33. The van der Waals surface area contributed by atoms with Crippen LogP contribution in [0.4, 0.5) is 0 Å². The summed E-state index contributed by atoms with van der Waals surface area (Å²) >= 11 is 0. The molecule has 7 nitrogen and oxygen atoms in total. The second-order valence-corrected chi connectivity index (χ2v) is 8.77. The van der Waals surface area contributed by atoms with Crippen molar-refractivity contribution in [2.75, 3.05) is 19.3 Å². The number of sulfonamides is 1. The lowest BCUT2D eigenvalue weighted by atomic mass is 9.93. The molecule has 2 fully saturated rings. The van der Waals surface area contributed by atoms with Crippen molar-refractivity contribution < 1.29 is 8.42 Å². The number of nitrogens with zero attached hydrogens (tertiary/aromatic N) is 5. The highest BCUT2D eigenvalue weighted by Gasteiger charge is 2.46. The third-order valence-corrected chi connectivity index (χ3v) is 6.24. The summed E-state index contributed by atoms with van der Waals surface area (Å²) in [5, 5.41) is 4.22. The van der Waals surface area contributed by atoms with E-state index in [2.05, 4.69) is 28.8 Å². The molecule has 3 heterocycles. The lowest BCUT2D eigenvalue weighted by Gasteiger charge is -2.39. The Bertz CT molecular complexity index is 601. The molecule has 3 rings (SSSR count). The molecule has 124 valence electrons. The molecule has 0 amide bonds. The Labute approximate surface area is 132 Å². The van der Waals surface area contributed by atoms with Crippen molar-refractivity contribution in [3.05, 3.63) is 12.7 Å². The van der Waals surface area contributed by atoms with Gasteiger partial charge in [-0.15, -0.1) is 0 Å². The zero-order valence-corrected chi connectivity index (χ0v) is 14.3. The van der Waals surface area contributed by atoms with E-state index in [0.29, 0.717) is 37.1 Å². The maximum Gasteiger partial charge on any atom is 0.211 e. The van der Waals surface area contributed by atoms with Crippen LogP contribution in [0.15, 0.2) is 12.7 Å². The molecule has 0 bridgehead atoms. The minimum atomic E-state index is -3.08. The van der Waals surface area contributed by atoms with Gasteiger partial charge in [-0.3, -0.25) is 9.58 Å². The topological polar surface area (TPSA) is 71.3 Å². The van der Waals surface area contributed by atoms with E-state index in [4.69, 9.17) is 0 Å². The summed E-state index contributed by atoms with van der Waals surface area (Å²) in [6.07, 6.45) is 6.57. The number of aromatic nitrogens is 3. The first-order valence-electron chi connectivity index (χ1n) is 7.91. The molecule has 8 heteroatoms.